The Kier molecular flexibility index (Phi) is 18.8. The molecule has 0 spiro atoms. The van der Waals surface area contributed by atoms with E-state index in [1.54, 1.807) is 0 Å². The smallest absolute Gasteiger partial charge is 0.541 e. The van der Waals surface area contributed by atoms with Crippen molar-refractivity contribution in [3.63, 3.8) is 0 Å². The summed E-state index contributed by atoms with van der Waals surface area (Å²) in [7, 11) is 0. The summed E-state index contributed by atoms with van der Waals surface area (Å²) < 4.78 is 0. The minimum atomic E-state index is -0.264. The minimum absolute atomic E-state index is 0. The van der Waals surface area contributed by atoms with Crippen molar-refractivity contribution in [2.75, 3.05) is 0 Å². The normalized spacial score (nSPS) is 21.0. The summed E-state index contributed by atoms with van der Waals surface area (Å²) >= 11 is 0. The van der Waals surface area contributed by atoms with Gasteiger partial charge in [0, 0.05) is 0 Å². The van der Waals surface area contributed by atoms with Crippen molar-refractivity contribution in [2.45, 2.75) is 41.5 Å². The molecule has 0 bridgehead atoms. The van der Waals surface area contributed by atoms with Crippen LogP contribution < -0.4 is 0 Å². The number of hydrogen-bond acceptors (Lipinski definition) is 1. The fraction of sp³-hybridized carbons (Fsp3) is 0.304. The van der Waals surface area contributed by atoms with Crippen LogP contribution in [-0.2, 0) is 4.79 Å². The predicted octanol–water partition coefficient (Wildman–Crippen LogP) is 5.38. The fourth-order valence-electron chi connectivity index (χ4n) is 1.41. The molecule has 0 aromatic carbocycles. The molecule has 0 heterocycles. The average molecular weight is 561 g/mol. The predicted molar refractivity (Wildman–Crippen MR) is 103 cm³/mol. The van der Waals surface area contributed by atoms with Crippen molar-refractivity contribution in [1.29, 1.82) is 0 Å². The Hall–Kier alpha value is 0.722. The summed E-state index contributed by atoms with van der Waals surface area (Å²) in [5, 5.41) is 0. The van der Waals surface area contributed by atoms with Gasteiger partial charge in [-0.1, -0.05) is 41.5 Å². The van der Waals surface area contributed by atoms with E-state index in [-0.39, 0.29) is 36.5 Å². The van der Waals surface area contributed by atoms with Crippen LogP contribution in [0.1, 0.15) is 41.5 Å². The zero-order chi connectivity index (χ0) is 18.4. The number of carbonyl (C=O) groups excluding carboxylic acids is 1. The fourth-order valence-corrected chi connectivity index (χ4v) is 1.41. The molecule has 0 unspecified atom stereocenters. The van der Waals surface area contributed by atoms with Gasteiger partial charge in [-0.15, -0.1) is 5.41 Å². The van der Waals surface area contributed by atoms with Crippen molar-refractivity contribution >= 4 is 6.29 Å². The molecular weight excluding hydrogens is 530 g/mol. The molecule has 3 aliphatic rings. The zero-order valence-corrected chi connectivity index (χ0v) is 20.5. The minimum Gasteiger partial charge on any atom is -0.541 e. The van der Waals surface area contributed by atoms with Gasteiger partial charge in [0.15, 0.2) is 0 Å². The molecule has 3 saturated carbocycles. The van der Waals surface area contributed by atoms with E-state index in [4.69, 9.17) is 0 Å². The summed E-state index contributed by atoms with van der Waals surface area (Å²) in [4.78, 5) is 9.70. The molecule has 129 valence electrons. The van der Waals surface area contributed by atoms with Gasteiger partial charge >= 0.3 is 31.1 Å². The largest absolute Gasteiger partial charge is 4.00 e. The van der Waals surface area contributed by atoms with E-state index in [1.165, 1.54) is 17.8 Å². The number of hydrogen-bond donors (Lipinski definition) is 0. The van der Waals surface area contributed by atoms with Gasteiger partial charge in [0.1, 0.15) is 0 Å². The summed E-state index contributed by atoms with van der Waals surface area (Å²) in [5.74, 6) is 4.03. The first kappa shape index (κ1) is 27.9. The first-order chi connectivity index (χ1) is 11.2. The van der Waals surface area contributed by atoms with Crippen molar-refractivity contribution in [3.8, 4) is 0 Å². The standard InChI is InChI=1S/3C6H7.C5H9O.U/c3*1-6-4-2-3-5-6;1-5(2,3)4-6;/h3*2-5H,1H3;1-3H3;/q;;;-1;+4. The maximum Gasteiger partial charge on any atom is 4.00 e. The van der Waals surface area contributed by atoms with E-state index in [1.807, 2.05) is 65.6 Å². The molecule has 3 aliphatic carbocycles. The Bertz CT molecular complexity index is 244. The molecule has 0 amide bonds. The molecule has 0 saturated heterocycles. The van der Waals surface area contributed by atoms with Crippen LogP contribution in [0.25, 0.3) is 0 Å². The number of rotatable bonds is 0. The SMILES string of the molecule is CC(C)(C)[C-]=O.C[C]1[CH][CH][CH][CH]1.C[C]1[CH][CH][CH][CH]1.C[C]1[CH][CH][CH][CH]1.[U+4]. The maximum atomic E-state index is 9.70. The van der Waals surface area contributed by atoms with E-state index in [0.717, 1.165) is 0 Å². The van der Waals surface area contributed by atoms with Crippen LogP contribution in [0.4, 0.5) is 0 Å². The van der Waals surface area contributed by atoms with Crippen LogP contribution in [-0.4, -0.2) is 6.29 Å². The Balaban J connectivity index is 0. The second kappa shape index (κ2) is 16.9. The van der Waals surface area contributed by atoms with E-state index in [0.29, 0.717) is 0 Å². The Morgan fingerprint density at radius 1 is 0.600 bits per heavy atom. The van der Waals surface area contributed by atoms with Crippen LogP contribution in [0.5, 0.6) is 0 Å². The summed E-state index contributed by atoms with van der Waals surface area (Å²) in [6, 6.07) is 0. The summed E-state index contributed by atoms with van der Waals surface area (Å²) in [5.41, 5.74) is -0.264. The molecule has 2 heteroatoms. The monoisotopic (exact) mass is 560 g/mol. The van der Waals surface area contributed by atoms with Gasteiger partial charge in [-0.2, -0.15) is 0 Å². The first-order valence-electron chi connectivity index (χ1n) is 8.19. The van der Waals surface area contributed by atoms with Gasteiger partial charge in [-0.3, -0.25) is 6.29 Å². The van der Waals surface area contributed by atoms with Crippen molar-refractivity contribution in [3.05, 3.63) is 94.8 Å². The van der Waals surface area contributed by atoms with Gasteiger partial charge < -0.3 is 4.79 Å². The molecule has 0 atom stereocenters. The molecule has 0 N–H and O–H groups in total. The zero-order valence-electron chi connectivity index (χ0n) is 16.3. The first-order valence-corrected chi connectivity index (χ1v) is 8.19. The molecule has 25 heavy (non-hydrogen) atoms. The van der Waals surface area contributed by atoms with Gasteiger partial charge in [0.2, 0.25) is 0 Å². The van der Waals surface area contributed by atoms with Gasteiger partial charge in [0.05, 0.1) is 0 Å². The quantitative estimate of drug-likeness (QED) is 0.364. The maximum absolute atomic E-state index is 9.70. The molecule has 3 fully saturated rings. The third-order valence-electron chi connectivity index (χ3n) is 2.79. The van der Waals surface area contributed by atoms with Crippen molar-refractivity contribution in [2.24, 2.45) is 5.41 Å². The van der Waals surface area contributed by atoms with Gasteiger partial charge in [-0.25, -0.2) is 0 Å². The van der Waals surface area contributed by atoms with Crippen molar-refractivity contribution in [1.82, 2.24) is 0 Å². The molecular formula is C23H30OU+3. The molecule has 0 aromatic heterocycles. The Labute approximate surface area is 183 Å². The molecule has 15 radical (unpaired) electrons. The Morgan fingerprint density at radius 2 is 0.760 bits per heavy atom. The third kappa shape index (κ3) is 20.9. The summed E-state index contributed by atoms with van der Waals surface area (Å²) in [6.45, 7) is 11.7. The van der Waals surface area contributed by atoms with E-state index >= 15 is 0 Å². The van der Waals surface area contributed by atoms with Crippen LogP contribution in [0.3, 0.4) is 0 Å². The topological polar surface area (TPSA) is 17.1 Å². The van der Waals surface area contributed by atoms with Gasteiger partial charge in [-0.05, 0) is 94.8 Å². The second-order valence-corrected chi connectivity index (χ2v) is 6.74. The van der Waals surface area contributed by atoms with Gasteiger partial charge in [0.25, 0.3) is 0 Å². The van der Waals surface area contributed by atoms with E-state index in [9.17, 15) is 4.79 Å². The molecule has 0 aliphatic heterocycles. The second-order valence-electron chi connectivity index (χ2n) is 6.74. The van der Waals surface area contributed by atoms with E-state index < -0.39 is 0 Å². The average Bonchev–Trinajstić information content (AvgIpc) is 3.26. The van der Waals surface area contributed by atoms with Crippen molar-refractivity contribution < 1.29 is 35.9 Å². The Morgan fingerprint density at radius 3 is 0.800 bits per heavy atom. The molecule has 0 aromatic rings. The molecule has 3 rings (SSSR count). The third-order valence-corrected chi connectivity index (χ3v) is 2.79. The van der Waals surface area contributed by atoms with Crippen LogP contribution in [0.2, 0.25) is 0 Å². The van der Waals surface area contributed by atoms with Crippen LogP contribution in [0, 0.1) is 131 Å². The van der Waals surface area contributed by atoms with Crippen LogP contribution in [0.15, 0.2) is 0 Å². The summed E-state index contributed by atoms with van der Waals surface area (Å²) in [6.07, 6.45) is 26.6. The van der Waals surface area contributed by atoms with E-state index in [2.05, 4.69) is 59.3 Å². The molecule has 1 nitrogen and oxygen atoms in total. The van der Waals surface area contributed by atoms with Crippen LogP contribution >= 0.6 is 0 Å².